The molecule has 102 valence electrons. The Bertz CT molecular complexity index is 352. The molecular formula is C15H25NO2. The summed E-state index contributed by atoms with van der Waals surface area (Å²) in [5, 5.41) is 2.53. The molecule has 3 nitrogen and oxygen atoms in total. The van der Waals surface area contributed by atoms with Crippen LogP contribution < -0.4 is 5.32 Å². The minimum absolute atomic E-state index is 0.000370. The lowest BCUT2D eigenvalue weighted by atomic mass is 9.55. The lowest BCUT2D eigenvalue weighted by Crippen LogP contribution is -2.56. The Kier molecular flexibility index (Phi) is 3.52. The summed E-state index contributed by atoms with van der Waals surface area (Å²) in [6.45, 7) is 8.72. The smallest absolute Gasteiger partial charge is 0.230 e. The van der Waals surface area contributed by atoms with Crippen molar-refractivity contribution >= 4 is 11.8 Å². The first-order valence-electron chi connectivity index (χ1n) is 7.18. The van der Waals surface area contributed by atoms with Crippen molar-refractivity contribution in [2.75, 3.05) is 0 Å². The SMILES string of the molecule is CC1CC(C)CC2(CC(=O)NC(=O)C2C(C)C)C1. The van der Waals surface area contributed by atoms with Gasteiger partial charge in [0.2, 0.25) is 11.8 Å². The number of carbonyl (C=O) groups is 2. The molecule has 18 heavy (non-hydrogen) atoms. The van der Waals surface area contributed by atoms with E-state index < -0.39 is 0 Å². The Morgan fingerprint density at radius 3 is 2.22 bits per heavy atom. The summed E-state index contributed by atoms with van der Waals surface area (Å²) in [5.74, 6) is 1.43. The quantitative estimate of drug-likeness (QED) is 0.728. The molecule has 0 bridgehead atoms. The van der Waals surface area contributed by atoms with Crippen LogP contribution in [0.2, 0.25) is 0 Å². The fourth-order valence-electron chi connectivity index (χ4n) is 4.70. The van der Waals surface area contributed by atoms with Crippen molar-refractivity contribution in [3.05, 3.63) is 0 Å². The molecule has 1 N–H and O–H groups in total. The van der Waals surface area contributed by atoms with Gasteiger partial charge >= 0.3 is 0 Å². The van der Waals surface area contributed by atoms with E-state index in [4.69, 9.17) is 0 Å². The zero-order valence-electron chi connectivity index (χ0n) is 12.0. The van der Waals surface area contributed by atoms with Crippen molar-refractivity contribution in [3.63, 3.8) is 0 Å². The van der Waals surface area contributed by atoms with Crippen molar-refractivity contribution in [2.45, 2.75) is 53.4 Å². The lowest BCUT2D eigenvalue weighted by Gasteiger charge is -2.50. The van der Waals surface area contributed by atoms with E-state index in [0.29, 0.717) is 24.2 Å². The van der Waals surface area contributed by atoms with Crippen molar-refractivity contribution in [3.8, 4) is 0 Å². The first-order chi connectivity index (χ1) is 8.34. The third-order valence-corrected chi connectivity index (χ3v) is 4.70. The number of imide groups is 1. The standard InChI is InChI=1S/C15H25NO2/c1-9(2)13-14(18)16-12(17)8-15(13)6-10(3)5-11(4)7-15/h9-11,13H,5-8H2,1-4H3,(H,16,17,18). The molecule has 0 aromatic heterocycles. The molecule has 1 heterocycles. The lowest BCUT2D eigenvalue weighted by molar-refractivity contribution is -0.149. The maximum Gasteiger partial charge on any atom is 0.230 e. The Balaban J connectivity index is 2.35. The molecule has 1 spiro atoms. The highest BCUT2D eigenvalue weighted by molar-refractivity contribution is 5.99. The van der Waals surface area contributed by atoms with Gasteiger partial charge in [-0.2, -0.15) is 0 Å². The molecule has 0 radical (unpaired) electrons. The van der Waals surface area contributed by atoms with Crippen LogP contribution in [0.3, 0.4) is 0 Å². The van der Waals surface area contributed by atoms with Crippen molar-refractivity contribution in [1.29, 1.82) is 0 Å². The van der Waals surface area contributed by atoms with E-state index in [2.05, 4.69) is 33.0 Å². The van der Waals surface area contributed by atoms with Gasteiger partial charge in [0.05, 0.1) is 0 Å². The van der Waals surface area contributed by atoms with Gasteiger partial charge in [-0.3, -0.25) is 14.9 Å². The Hall–Kier alpha value is -0.860. The predicted octanol–water partition coefficient (Wildman–Crippen LogP) is 2.75. The second-order valence-electron chi connectivity index (χ2n) is 7.03. The maximum atomic E-state index is 12.2. The van der Waals surface area contributed by atoms with E-state index >= 15 is 0 Å². The van der Waals surface area contributed by atoms with Gasteiger partial charge < -0.3 is 0 Å². The van der Waals surface area contributed by atoms with Crippen LogP contribution in [-0.4, -0.2) is 11.8 Å². The molecule has 3 atom stereocenters. The molecule has 0 aromatic carbocycles. The second-order valence-corrected chi connectivity index (χ2v) is 7.03. The van der Waals surface area contributed by atoms with E-state index in [-0.39, 0.29) is 23.1 Å². The molecule has 2 aliphatic rings. The van der Waals surface area contributed by atoms with Crippen LogP contribution in [0.4, 0.5) is 0 Å². The molecule has 2 rings (SSSR count). The average molecular weight is 251 g/mol. The zero-order chi connectivity index (χ0) is 13.5. The van der Waals surface area contributed by atoms with Gasteiger partial charge in [-0.25, -0.2) is 0 Å². The van der Waals surface area contributed by atoms with Crippen molar-refractivity contribution in [1.82, 2.24) is 5.32 Å². The van der Waals surface area contributed by atoms with Gasteiger partial charge in [0.25, 0.3) is 0 Å². The number of hydrogen-bond acceptors (Lipinski definition) is 2. The normalized spacial score (nSPS) is 41.3. The first kappa shape index (κ1) is 13.6. The number of rotatable bonds is 1. The summed E-state index contributed by atoms with van der Waals surface area (Å²) in [6.07, 6.45) is 3.82. The average Bonchev–Trinajstić information content (AvgIpc) is 2.11. The van der Waals surface area contributed by atoms with Crippen LogP contribution in [0, 0.1) is 29.1 Å². The molecule has 1 saturated carbocycles. The van der Waals surface area contributed by atoms with Gasteiger partial charge in [0.1, 0.15) is 0 Å². The predicted molar refractivity (Wildman–Crippen MR) is 70.7 cm³/mol. The summed E-state index contributed by atoms with van der Waals surface area (Å²) in [5.41, 5.74) is -0.0787. The van der Waals surface area contributed by atoms with Crippen LogP contribution in [0.5, 0.6) is 0 Å². The summed E-state index contributed by atoms with van der Waals surface area (Å²) in [4.78, 5) is 24.0. The van der Waals surface area contributed by atoms with Gasteiger partial charge in [-0.1, -0.05) is 27.7 Å². The number of carbonyl (C=O) groups excluding carboxylic acids is 2. The maximum absolute atomic E-state index is 12.2. The van der Waals surface area contributed by atoms with Crippen LogP contribution >= 0.6 is 0 Å². The molecule has 3 heteroatoms. The first-order valence-corrected chi connectivity index (χ1v) is 7.18. The third-order valence-electron chi connectivity index (χ3n) is 4.70. The Morgan fingerprint density at radius 2 is 1.72 bits per heavy atom. The largest absolute Gasteiger partial charge is 0.296 e. The van der Waals surface area contributed by atoms with E-state index in [0.717, 1.165) is 12.8 Å². The molecule has 2 fully saturated rings. The minimum atomic E-state index is -0.0787. The van der Waals surface area contributed by atoms with E-state index in [1.165, 1.54) is 6.42 Å². The van der Waals surface area contributed by atoms with Crippen LogP contribution in [-0.2, 0) is 9.59 Å². The van der Waals surface area contributed by atoms with Crippen LogP contribution in [0.25, 0.3) is 0 Å². The number of piperidine rings is 1. The highest BCUT2D eigenvalue weighted by Crippen LogP contribution is 2.52. The van der Waals surface area contributed by atoms with E-state index in [1.54, 1.807) is 0 Å². The molecule has 0 aromatic rings. The molecular weight excluding hydrogens is 226 g/mol. The minimum Gasteiger partial charge on any atom is -0.296 e. The molecule has 1 aliphatic heterocycles. The highest BCUT2D eigenvalue weighted by Gasteiger charge is 2.52. The molecule has 1 aliphatic carbocycles. The Morgan fingerprint density at radius 1 is 1.17 bits per heavy atom. The van der Waals surface area contributed by atoms with E-state index in [9.17, 15) is 9.59 Å². The second kappa shape index (κ2) is 4.67. The molecule has 3 unspecified atom stereocenters. The van der Waals surface area contributed by atoms with Crippen LogP contribution in [0.1, 0.15) is 53.4 Å². The van der Waals surface area contributed by atoms with Crippen LogP contribution in [0.15, 0.2) is 0 Å². The van der Waals surface area contributed by atoms with Gasteiger partial charge in [0.15, 0.2) is 0 Å². The molecule has 1 saturated heterocycles. The third kappa shape index (κ3) is 2.32. The fraction of sp³-hybridized carbons (Fsp3) is 0.867. The number of amides is 2. The number of nitrogens with one attached hydrogen (secondary N) is 1. The summed E-state index contributed by atoms with van der Waals surface area (Å²) < 4.78 is 0. The van der Waals surface area contributed by atoms with E-state index in [1.807, 2.05) is 0 Å². The summed E-state index contributed by atoms with van der Waals surface area (Å²) in [6, 6.07) is 0. The fourth-order valence-corrected chi connectivity index (χ4v) is 4.70. The van der Waals surface area contributed by atoms with Crippen molar-refractivity contribution in [2.24, 2.45) is 29.1 Å². The monoisotopic (exact) mass is 251 g/mol. The highest BCUT2D eigenvalue weighted by atomic mass is 16.2. The summed E-state index contributed by atoms with van der Waals surface area (Å²) in [7, 11) is 0. The number of hydrogen-bond donors (Lipinski definition) is 1. The Labute approximate surface area is 110 Å². The van der Waals surface area contributed by atoms with Gasteiger partial charge in [-0.05, 0) is 42.4 Å². The molecule has 2 amide bonds. The topological polar surface area (TPSA) is 46.2 Å². The van der Waals surface area contributed by atoms with Crippen molar-refractivity contribution < 1.29 is 9.59 Å². The zero-order valence-corrected chi connectivity index (χ0v) is 12.0. The summed E-state index contributed by atoms with van der Waals surface area (Å²) >= 11 is 0. The van der Waals surface area contributed by atoms with Gasteiger partial charge in [0, 0.05) is 12.3 Å². The van der Waals surface area contributed by atoms with Gasteiger partial charge in [-0.15, -0.1) is 0 Å².